The number of primary amides is 1. The number of phenols is 2. The van der Waals surface area contributed by atoms with E-state index in [9.17, 15) is 53.7 Å². The van der Waals surface area contributed by atoms with Gasteiger partial charge < -0.3 is 99.4 Å². The Morgan fingerprint density at radius 2 is 0.872 bits per heavy atom. The van der Waals surface area contributed by atoms with Crippen molar-refractivity contribution in [1.29, 1.82) is 0 Å². The van der Waals surface area contributed by atoms with Gasteiger partial charge in [0.15, 0.2) is 5.60 Å². The van der Waals surface area contributed by atoms with E-state index in [-0.39, 0.29) is 135 Å². The number of aromatic nitrogens is 2. The van der Waals surface area contributed by atoms with E-state index in [1.807, 2.05) is 30.3 Å². The number of H-pyrrole nitrogens is 2. The topological polar surface area (TPSA) is 488 Å². The second kappa shape index (κ2) is 42.5. The molecular formula is C92H100N14O17S2. The van der Waals surface area contributed by atoms with E-state index in [0.29, 0.717) is 67.2 Å². The number of hydrogen-bond donors (Lipinski definition) is 19. The number of aliphatic hydroxyl groups is 1. The molecule has 4 heterocycles. The molecule has 0 bridgehead atoms. The molecule has 11 amide bonds. The fraction of sp³-hybridized carbons (Fsp3) is 0.304. The van der Waals surface area contributed by atoms with Gasteiger partial charge in [-0.1, -0.05) is 133 Å². The molecule has 0 saturated carbocycles. The van der Waals surface area contributed by atoms with Crippen LogP contribution >= 0.6 is 25.3 Å². The summed E-state index contributed by atoms with van der Waals surface area (Å²) in [6.07, 6.45) is 1.36. The molecule has 125 heavy (non-hydrogen) atoms. The highest BCUT2D eigenvalue weighted by Crippen LogP contribution is 2.58. The van der Waals surface area contributed by atoms with Gasteiger partial charge in [-0.15, -0.1) is 0 Å². The number of thiol groups is 2. The molecule has 652 valence electrons. The molecule has 0 radical (unpaired) electrons. The first-order valence-corrected chi connectivity index (χ1v) is 42.4. The molecule has 2 aromatic heterocycles. The van der Waals surface area contributed by atoms with Crippen molar-refractivity contribution in [2.24, 2.45) is 11.5 Å². The smallest absolute Gasteiger partial charge is 0.340 e. The van der Waals surface area contributed by atoms with Crippen LogP contribution in [-0.2, 0) is 90.4 Å². The fourth-order valence-corrected chi connectivity index (χ4v) is 16.0. The molecule has 19 N–H and O–H groups in total. The maximum Gasteiger partial charge on any atom is 0.340 e. The molecule has 31 nitrogen and oxygen atoms in total. The van der Waals surface area contributed by atoms with Gasteiger partial charge in [-0.05, 0) is 140 Å². The zero-order chi connectivity index (χ0) is 88.8. The summed E-state index contributed by atoms with van der Waals surface area (Å²) in [6, 6.07) is 40.6. The third-order valence-electron chi connectivity index (χ3n) is 21.9. The Hall–Kier alpha value is -13.5. The van der Waals surface area contributed by atoms with E-state index in [1.165, 1.54) is 61.5 Å². The number of hydrogen-bond acceptors (Lipinski definition) is 20. The number of para-hydroxylation sites is 2. The fourth-order valence-electron chi connectivity index (χ4n) is 15.5. The Bertz CT molecular complexity index is 5530. The van der Waals surface area contributed by atoms with Crippen molar-refractivity contribution in [2.45, 2.75) is 150 Å². The Morgan fingerprint density at radius 1 is 0.456 bits per heavy atom. The maximum atomic E-state index is 15.7. The molecule has 10 atom stereocenters. The normalized spacial score (nSPS) is 14.6. The predicted molar refractivity (Wildman–Crippen MR) is 472 cm³/mol. The van der Waals surface area contributed by atoms with Crippen molar-refractivity contribution in [3.05, 3.63) is 262 Å². The SMILES string of the molecule is C[C@@H](O)[C@H](NC(=O)[C@H](CCCCN)NC(=O)[C@@H](Cc1c[nH]c2ccccc12)NC(=O)[C@H](Cc1c[nH]c2ccccc12)NC(=O)[C@H](Cc1ccccc1)NC(=O)[C@H](CCS)NC(=O)[C@@H](Cc1ccccc1)NC(=O)CCCNC(=O)c1cccc2c1C1(OC2=O)c2ccc(O)cc2Oc2cc(O)ccc21)C(=O)N[C@@H](Cc1ccccc1)C(=O)N[C@@H](CCS)C(N)=O. The number of fused-ring (bicyclic) bond motifs is 8. The summed E-state index contributed by atoms with van der Waals surface area (Å²) >= 11 is 8.67. The highest BCUT2D eigenvalue weighted by Gasteiger charge is 2.56. The molecule has 2 aliphatic heterocycles. The van der Waals surface area contributed by atoms with E-state index in [2.05, 4.69) is 88.4 Å². The van der Waals surface area contributed by atoms with E-state index >= 15 is 19.2 Å². The molecule has 0 aliphatic carbocycles. The van der Waals surface area contributed by atoms with Crippen LogP contribution in [0.15, 0.2) is 207 Å². The van der Waals surface area contributed by atoms with Crippen molar-refractivity contribution in [2.75, 3.05) is 24.6 Å². The largest absolute Gasteiger partial charge is 0.508 e. The van der Waals surface area contributed by atoms with Crippen LogP contribution in [-0.4, -0.2) is 181 Å². The summed E-state index contributed by atoms with van der Waals surface area (Å²) in [5, 5.41) is 61.3. The molecule has 2 aliphatic rings. The van der Waals surface area contributed by atoms with Gasteiger partial charge in [-0.25, -0.2) is 4.79 Å². The summed E-state index contributed by atoms with van der Waals surface area (Å²) < 4.78 is 12.3. The quantitative estimate of drug-likeness (QED) is 0.0130. The third-order valence-corrected chi connectivity index (χ3v) is 22.4. The first-order valence-electron chi connectivity index (χ1n) is 41.2. The zero-order valence-electron chi connectivity index (χ0n) is 68.3. The van der Waals surface area contributed by atoms with Crippen LogP contribution in [0.5, 0.6) is 23.0 Å². The molecule has 1 spiro atoms. The van der Waals surface area contributed by atoms with Gasteiger partial charge in [0.2, 0.25) is 59.1 Å². The van der Waals surface area contributed by atoms with Crippen molar-refractivity contribution >= 4 is 118 Å². The first kappa shape index (κ1) is 90.7. The molecule has 10 aromatic rings. The Labute approximate surface area is 730 Å². The lowest BCUT2D eigenvalue weighted by Crippen LogP contribution is -2.62. The van der Waals surface area contributed by atoms with Gasteiger partial charge in [0.1, 0.15) is 77.4 Å². The number of esters is 1. The average molecular weight is 1740 g/mol. The Kier molecular flexibility index (Phi) is 30.9. The minimum absolute atomic E-state index is 0.0330. The maximum absolute atomic E-state index is 15.7. The van der Waals surface area contributed by atoms with Crippen LogP contribution in [0, 0.1) is 0 Å². The van der Waals surface area contributed by atoms with E-state index in [0.717, 1.165) is 0 Å². The second-order valence-corrected chi connectivity index (χ2v) is 31.7. The van der Waals surface area contributed by atoms with Gasteiger partial charge in [0.05, 0.1) is 11.7 Å². The number of unbranched alkanes of at least 4 members (excludes halogenated alkanes) is 1. The molecule has 33 heteroatoms. The number of ether oxygens (including phenoxy) is 2. The Balaban J connectivity index is 0.766. The average Bonchev–Trinajstić information content (AvgIpc) is 1.56. The summed E-state index contributed by atoms with van der Waals surface area (Å²) in [6.45, 7) is 1.36. The predicted octanol–water partition coefficient (Wildman–Crippen LogP) is 5.35. The lowest BCUT2D eigenvalue weighted by Gasteiger charge is -2.37. The van der Waals surface area contributed by atoms with Gasteiger partial charge in [0.25, 0.3) is 5.91 Å². The van der Waals surface area contributed by atoms with Gasteiger partial charge in [0, 0.05) is 114 Å². The molecule has 0 unspecified atom stereocenters. The van der Waals surface area contributed by atoms with Gasteiger partial charge in [-0.3, -0.25) is 52.7 Å². The first-order chi connectivity index (χ1) is 60.3. The lowest BCUT2D eigenvalue weighted by atomic mass is 9.75. The Morgan fingerprint density at radius 3 is 1.34 bits per heavy atom. The number of nitrogens with two attached hydrogens (primary N) is 2. The highest BCUT2D eigenvalue weighted by atomic mass is 32.1. The number of benzene rings is 8. The van der Waals surface area contributed by atoms with E-state index in [4.69, 9.17) is 20.9 Å². The molecule has 8 aromatic carbocycles. The number of nitrogens with one attached hydrogen (secondary N) is 12. The number of amides is 11. The molecule has 0 saturated heterocycles. The second-order valence-electron chi connectivity index (χ2n) is 30.8. The zero-order valence-corrected chi connectivity index (χ0v) is 70.1. The number of rotatable bonds is 42. The van der Waals surface area contributed by atoms with Crippen molar-refractivity contribution in [1.82, 2.24) is 63.1 Å². The van der Waals surface area contributed by atoms with Crippen molar-refractivity contribution in [3.8, 4) is 23.0 Å². The van der Waals surface area contributed by atoms with Crippen LogP contribution in [0.2, 0.25) is 0 Å². The number of carbonyl (C=O) groups is 12. The summed E-state index contributed by atoms with van der Waals surface area (Å²) in [7, 11) is 0. The number of phenolic OH excluding ortho intramolecular Hbond substituents is 2. The van der Waals surface area contributed by atoms with Crippen LogP contribution < -0.4 is 69.4 Å². The van der Waals surface area contributed by atoms with Crippen molar-refractivity contribution < 1.29 is 82.3 Å². The summed E-state index contributed by atoms with van der Waals surface area (Å²) in [4.78, 5) is 181. The van der Waals surface area contributed by atoms with Gasteiger partial charge >= 0.3 is 5.97 Å². The highest BCUT2D eigenvalue weighted by molar-refractivity contribution is 7.80. The van der Waals surface area contributed by atoms with Crippen LogP contribution in [0.25, 0.3) is 21.8 Å². The van der Waals surface area contributed by atoms with E-state index < -0.39 is 137 Å². The monoisotopic (exact) mass is 1740 g/mol. The summed E-state index contributed by atoms with van der Waals surface area (Å²) in [5.41, 5.74) is 15.0. The number of aromatic amines is 2. The van der Waals surface area contributed by atoms with Crippen LogP contribution in [0.1, 0.15) is 117 Å². The molecular weight excluding hydrogens is 1640 g/mol. The summed E-state index contributed by atoms with van der Waals surface area (Å²) in [5.74, 6) is -9.71. The molecule has 12 rings (SSSR count). The van der Waals surface area contributed by atoms with Crippen LogP contribution in [0.4, 0.5) is 0 Å². The minimum atomic E-state index is -1.76. The number of aromatic hydroxyl groups is 2. The van der Waals surface area contributed by atoms with Crippen LogP contribution in [0.3, 0.4) is 0 Å². The van der Waals surface area contributed by atoms with Gasteiger partial charge in [-0.2, -0.15) is 25.3 Å². The minimum Gasteiger partial charge on any atom is -0.508 e. The number of carbonyl (C=O) groups excluding carboxylic acids is 12. The lowest BCUT2D eigenvalue weighted by molar-refractivity contribution is -0.137. The van der Waals surface area contributed by atoms with E-state index in [1.54, 1.807) is 122 Å². The standard InChI is InChI=1S/C92H100N14O17S2/c1-52(107)80(90(120)105-73(45-55-23-9-4-10-24-55)86(116)99-68(37-41-124)81(94)111)106-84(114)69(31-15-16-39-93)100-88(118)74(46-56-50-96-66-29-13-11-25-60(56)66)104-89(119)75(47-57-51-97-67-30-14-12-26-61(57)67)103-87(117)72(44-54-21-7-3-8-22-54)102-83(113)70(38-42-125)101-85(115)71(43-53-19-5-2-6-20-53)98-78(110)32-18-40-95-82(112)62-27-17-28-63-79(62)92(123-91(63)121)64-35-33-58(108)48-76(64)122-77-49-59(109)34-36-65(77)92/h2-14,17,19-30,33-36,48-52,68-75,80,96-97,107-109,124-125H,15-16,18,31-32,37-47,93H2,1H3,(H2,94,111)(H,95,112)(H,98,110)(H,99,116)(H,100,118)(H,101,115)(H,102,113)(H,103,117)(H,104,119)(H,105,120)(H,106,114)/t52-,68+,69+,70+,71-,72+,73+,74-,75+,80+/m1/s1. The molecule has 0 fully saturated rings. The van der Waals surface area contributed by atoms with Crippen molar-refractivity contribution in [3.63, 3.8) is 0 Å². The number of aliphatic hydroxyl groups excluding tert-OH is 1. The third kappa shape index (κ3) is 22.7.